The highest BCUT2D eigenvalue weighted by molar-refractivity contribution is 5.43. The Morgan fingerprint density at radius 1 is 1.04 bits per heavy atom. The Morgan fingerprint density at radius 3 is 2.36 bits per heavy atom. The number of hydrogen-bond acceptors (Lipinski definition) is 6. The predicted octanol–water partition coefficient (Wildman–Crippen LogP) is 3.74. The zero-order valence-electron chi connectivity index (χ0n) is 16.7. The van der Waals surface area contributed by atoms with Crippen LogP contribution in [0.4, 0.5) is 0 Å². The molecule has 4 fully saturated rings. The highest BCUT2D eigenvalue weighted by Gasteiger charge is 2.50. The van der Waals surface area contributed by atoms with E-state index in [9.17, 15) is 0 Å². The number of nitrogens with one attached hydrogen (secondary N) is 1. The largest absolute Gasteiger partial charge is 0.493 e. The van der Waals surface area contributed by atoms with Crippen LogP contribution >= 0.6 is 0 Å². The van der Waals surface area contributed by atoms with Crippen LogP contribution in [0, 0.1) is 17.8 Å². The van der Waals surface area contributed by atoms with Crippen molar-refractivity contribution < 1.29 is 14.0 Å². The second-order valence-corrected chi connectivity index (χ2v) is 9.02. The van der Waals surface area contributed by atoms with Gasteiger partial charge in [-0.15, -0.1) is 0 Å². The van der Waals surface area contributed by atoms with E-state index >= 15 is 0 Å². The molecule has 150 valence electrons. The second-order valence-electron chi connectivity index (χ2n) is 9.02. The maximum absolute atomic E-state index is 5.50. The van der Waals surface area contributed by atoms with Crippen LogP contribution in [-0.2, 0) is 13.0 Å². The molecule has 4 aliphatic rings. The van der Waals surface area contributed by atoms with E-state index in [1.807, 2.05) is 18.2 Å². The molecular weight excluding hydrogens is 354 g/mol. The normalized spacial score (nSPS) is 30.6. The van der Waals surface area contributed by atoms with Gasteiger partial charge in [0, 0.05) is 5.54 Å². The molecule has 1 aromatic heterocycles. The maximum Gasteiger partial charge on any atom is 0.231 e. The summed E-state index contributed by atoms with van der Waals surface area (Å²) in [5, 5.41) is 8.03. The summed E-state index contributed by atoms with van der Waals surface area (Å²) in [7, 11) is 3.28. The van der Waals surface area contributed by atoms with Crippen molar-refractivity contribution in [3.05, 3.63) is 35.5 Å². The van der Waals surface area contributed by atoms with E-state index in [2.05, 4.69) is 15.5 Å². The van der Waals surface area contributed by atoms with Crippen molar-refractivity contribution in [1.82, 2.24) is 15.5 Å². The van der Waals surface area contributed by atoms with Crippen molar-refractivity contribution in [2.24, 2.45) is 17.8 Å². The summed E-state index contributed by atoms with van der Waals surface area (Å²) in [6.45, 7) is 0.696. The summed E-state index contributed by atoms with van der Waals surface area (Å²) in [5.74, 6) is 5.63. The van der Waals surface area contributed by atoms with E-state index in [0.717, 1.165) is 34.9 Å². The third-order valence-corrected chi connectivity index (χ3v) is 6.97. The smallest absolute Gasteiger partial charge is 0.231 e. The highest BCUT2D eigenvalue weighted by atomic mass is 16.5. The molecule has 0 amide bonds. The minimum atomic E-state index is 0.318. The number of aromatic nitrogens is 2. The maximum atomic E-state index is 5.50. The molecule has 4 aliphatic carbocycles. The quantitative estimate of drug-likeness (QED) is 0.786. The van der Waals surface area contributed by atoms with E-state index in [4.69, 9.17) is 14.0 Å². The van der Waals surface area contributed by atoms with Gasteiger partial charge in [-0.2, -0.15) is 4.98 Å². The summed E-state index contributed by atoms with van der Waals surface area (Å²) >= 11 is 0. The molecule has 28 heavy (non-hydrogen) atoms. The van der Waals surface area contributed by atoms with Gasteiger partial charge in [0.2, 0.25) is 5.89 Å². The first-order chi connectivity index (χ1) is 13.6. The van der Waals surface area contributed by atoms with E-state index < -0.39 is 0 Å². The van der Waals surface area contributed by atoms with E-state index in [0.29, 0.717) is 30.1 Å². The van der Waals surface area contributed by atoms with Crippen LogP contribution in [0.25, 0.3) is 0 Å². The van der Waals surface area contributed by atoms with Gasteiger partial charge in [-0.25, -0.2) is 0 Å². The summed E-state index contributed by atoms with van der Waals surface area (Å²) in [4.78, 5) is 4.61. The first kappa shape index (κ1) is 18.0. The molecule has 4 bridgehead atoms. The van der Waals surface area contributed by atoms with Crippen molar-refractivity contribution >= 4 is 0 Å². The van der Waals surface area contributed by atoms with Crippen LogP contribution in [0.15, 0.2) is 22.7 Å². The van der Waals surface area contributed by atoms with E-state index in [1.165, 1.54) is 38.5 Å². The SMILES string of the molecule is COc1ccc(Cc2nc(CNC34CC5CC(CC(C5)C3)C4)no2)cc1OC. The molecule has 0 unspecified atom stereocenters. The minimum Gasteiger partial charge on any atom is -0.493 e. The lowest BCUT2D eigenvalue weighted by molar-refractivity contribution is -0.0209. The third kappa shape index (κ3) is 3.39. The Balaban J connectivity index is 1.22. The lowest BCUT2D eigenvalue weighted by atomic mass is 9.53. The molecule has 0 radical (unpaired) electrons. The van der Waals surface area contributed by atoms with Crippen molar-refractivity contribution in [3.8, 4) is 11.5 Å². The summed E-state index contributed by atoms with van der Waals surface area (Å²) < 4.78 is 16.2. The molecule has 1 aromatic carbocycles. The molecule has 0 atom stereocenters. The molecule has 6 heteroatoms. The number of hydrogen-bond donors (Lipinski definition) is 1. The summed E-state index contributed by atoms with van der Waals surface area (Å²) in [6.07, 6.45) is 8.95. The fraction of sp³-hybridized carbons (Fsp3) is 0.636. The molecule has 0 saturated heterocycles. The minimum absolute atomic E-state index is 0.318. The van der Waals surface area contributed by atoms with Gasteiger partial charge < -0.3 is 19.3 Å². The Labute approximate surface area is 166 Å². The van der Waals surface area contributed by atoms with Crippen LogP contribution in [0.3, 0.4) is 0 Å². The average molecular weight is 383 g/mol. The van der Waals surface area contributed by atoms with Gasteiger partial charge >= 0.3 is 0 Å². The topological polar surface area (TPSA) is 69.4 Å². The van der Waals surface area contributed by atoms with Gasteiger partial charge in [0.1, 0.15) is 0 Å². The molecule has 6 rings (SSSR count). The molecule has 4 saturated carbocycles. The lowest BCUT2D eigenvalue weighted by Crippen LogP contribution is -2.58. The fourth-order valence-corrected chi connectivity index (χ4v) is 6.19. The van der Waals surface area contributed by atoms with Crippen LogP contribution < -0.4 is 14.8 Å². The van der Waals surface area contributed by atoms with E-state index in [-0.39, 0.29) is 0 Å². The Hall–Kier alpha value is -2.08. The molecular formula is C22H29N3O3. The zero-order chi connectivity index (χ0) is 19.1. The zero-order valence-corrected chi connectivity index (χ0v) is 16.7. The number of ether oxygens (including phenoxy) is 2. The Bertz CT molecular complexity index is 812. The number of rotatable bonds is 7. The monoisotopic (exact) mass is 383 g/mol. The van der Waals surface area contributed by atoms with Gasteiger partial charge in [-0.3, -0.25) is 0 Å². The standard InChI is InChI=1S/C22H29N3O3/c1-26-18-4-3-14(8-19(18)27-2)9-21-24-20(25-28-21)13-23-22-10-15-5-16(11-22)7-17(6-15)12-22/h3-4,8,15-17,23H,5-7,9-13H2,1-2H3. The van der Waals surface area contributed by atoms with Crippen LogP contribution in [0.5, 0.6) is 11.5 Å². The van der Waals surface area contributed by atoms with Gasteiger partial charge in [-0.1, -0.05) is 11.2 Å². The molecule has 2 aromatic rings. The second kappa shape index (κ2) is 7.07. The number of methoxy groups -OCH3 is 2. The molecule has 1 heterocycles. The van der Waals surface area contributed by atoms with Crippen LogP contribution in [0.1, 0.15) is 55.8 Å². The highest BCUT2D eigenvalue weighted by Crippen LogP contribution is 2.55. The lowest BCUT2D eigenvalue weighted by Gasteiger charge is -2.57. The van der Waals surface area contributed by atoms with Gasteiger partial charge in [0.25, 0.3) is 0 Å². The van der Waals surface area contributed by atoms with Crippen LogP contribution in [0.2, 0.25) is 0 Å². The van der Waals surface area contributed by atoms with Crippen LogP contribution in [-0.4, -0.2) is 29.9 Å². The Morgan fingerprint density at radius 2 is 1.71 bits per heavy atom. The van der Waals surface area contributed by atoms with Crippen molar-refractivity contribution in [2.75, 3.05) is 14.2 Å². The molecule has 0 spiro atoms. The van der Waals surface area contributed by atoms with Crippen molar-refractivity contribution in [3.63, 3.8) is 0 Å². The summed E-state index contributed by atoms with van der Waals surface area (Å²) in [5.41, 5.74) is 1.38. The average Bonchev–Trinajstić information content (AvgIpc) is 3.13. The van der Waals surface area contributed by atoms with Crippen molar-refractivity contribution in [2.45, 2.75) is 57.0 Å². The number of nitrogens with zero attached hydrogens (tertiary/aromatic N) is 2. The molecule has 0 aliphatic heterocycles. The predicted molar refractivity (Wildman–Crippen MR) is 104 cm³/mol. The van der Waals surface area contributed by atoms with Gasteiger partial charge in [-0.05, 0) is 74.0 Å². The van der Waals surface area contributed by atoms with Gasteiger partial charge in [0.05, 0.1) is 27.2 Å². The third-order valence-electron chi connectivity index (χ3n) is 6.97. The Kier molecular flexibility index (Phi) is 4.54. The van der Waals surface area contributed by atoms with Gasteiger partial charge in [0.15, 0.2) is 17.3 Å². The number of benzene rings is 1. The fourth-order valence-electron chi connectivity index (χ4n) is 6.19. The first-order valence-electron chi connectivity index (χ1n) is 10.4. The summed E-state index contributed by atoms with van der Waals surface area (Å²) in [6, 6.07) is 5.86. The molecule has 6 nitrogen and oxygen atoms in total. The molecule has 1 N–H and O–H groups in total. The first-order valence-corrected chi connectivity index (χ1v) is 10.4. The van der Waals surface area contributed by atoms with Crippen molar-refractivity contribution in [1.29, 1.82) is 0 Å². The van der Waals surface area contributed by atoms with E-state index in [1.54, 1.807) is 14.2 Å².